The summed E-state index contributed by atoms with van der Waals surface area (Å²) < 4.78 is 0. The van der Waals surface area contributed by atoms with Crippen LogP contribution in [0.25, 0.3) is 0 Å². The maximum Gasteiger partial charge on any atom is 0.254 e. The molecule has 23 heavy (non-hydrogen) atoms. The van der Waals surface area contributed by atoms with E-state index in [2.05, 4.69) is 0 Å². The summed E-state index contributed by atoms with van der Waals surface area (Å²) in [6, 6.07) is 16.3. The van der Waals surface area contributed by atoms with Crippen molar-refractivity contribution in [3.05, 3.63) is 65.2 Å². The van der Waals surface area contributed by atoms with Gasteiger partial charge in [-0.3, -0.25) is 9.59 Å². The molecule has 2 amide bonds. The molecule has 1 aliphatic rings. The second-order valence-corrected chi connectivity index (χ2v) is 5.90. The smallest absolute Gasteiger partial charge is 0.254 e. The van der Waals surface area contributed by atoms with Gasteiger partial charge in [-0.15, -0.1) is 0 Å². The molecule has 0 N–H and O–H groups in total. The van der Waals surface area contributed by atoms with Crippen LogP contribution >= 0.6 is 11.6 Å². The first-order valence-corrected chi connectivity index (χ1v) is 7.93. The van der Waals surface area contributed by atoms with Gasteiger partial charge in [0.2, 0.25) is 5.91 Å². The van der Waals surface area contributed by atoms with E-state index in [0.717, 1.165) is 12.1 Å². The monoisotopic (exact) mass is 328 g/mol. The second kappa shape index (κ2) is 6.84. The number of benzene rings is 2. The Balaban J connectivity index is 1.75. The average Bonchev–Trinajstić information content (AvgIpc) is 2.77. The lowest BCUT2D eigenvalue weighted by molar-refractivity contribution is -0.118. The summed E-state index contributed by atoms with van der Waals surface area (Å²) in [5, 5.41) is 0.587. The Hall–Kier alpha value is -2.33. The van der Waals surface area contributed by atoms with Crippen LogP contribution in [0.4, 0.5) is 5.69 Å². The van der Waals surface area contributed by atoms with Crippen LogP contribution in [0.2, 0.25) is 5.02 Å². The summed E-state index contributed by atoms with van der Waals surface area (Å²) in [4.78, 5) is 28.4. The number of anilines is 1. The van der Waals surface area contributed by atoms with Crippen LogP contribution in [0.1, 0.15) is 16.8 Å². The molecule has 0 spiro atoms. The Labute approximate surface area is 140 Å². The van der Waals surface area contributed by atoms with Crippen LogP contribution in [0.15, 0.2) is 54.6 Å². The van der Waals surface area contributed by atoms with E-state index in [1.165, 1.54) is 0 Å². The molecule has 3 rings (SSSR count). The van der Waals surface area contributed by atoms with E-state index in [4.69, 9.17) is 11.6 Å². The summed E-state index contributed by atoms with van der Waals surface area (Å²) in [5.74, 6) is -0.194. The van der Waals surface area contributed by atoms with Gasteiger partial charge in [-0.05, 0) is 42.8 Å². The van der Waals surface area contributed by atoms with E-state index in [1.54, 1.807) is 34.1 Å². The van der Waals surface area contributed by atoms with Crippen molar-refractivity contribution in [2.75, 3.05) is 24.5 Å². The van der Waals surface area contributed by atoms with Gasteiger partial charge in [-0.1, -0.05) is 29.8 Å². The Bertz CT molecular complexity index is 701. The molecule has 2 aromatic rings. The molecule has 1 fully saturated rings. The number of nitrogens with zero attached hydrogens (tertiary/aromatic N) is 2. The van der Waals surface area contributed by atoms with Crippen molar-refractivity contribution in [2.45, 2.75) is 6.42 Å². The van der Waals surface area contributed by atoms with Crippen LogP contribution in [0, 0.1) is 0 Å². The zero-order valence-electron chi connectivity index (χ0n) is 12.6. The zero-order chi connectivity index (χ0) is 16.2. The first-order chi connectivity index (χ1) is 11.1. The third-order valence-corrected chi connectivity index (χ3v) is 4.14. The highest BCUT2D eigenvalue weighted by Gasteiger charge is 2.26. The van der Waals surface area contributed by atoms with E-state index in [-0.39, 0.29) is 18.4 Å². The van der Waals surface area contributed by atoms with Crippen LogP contribution in [-0.4, -0.2) is 36.3 Å². The van der Waals surface area contributed by atoms with E-state index in [1.807, 2.05) is 30.3 Å². The van der Waals surface area contributed by atoms with Crippen LogP contribution in [-0.2, 0) is 4.79 Å². The van der Waals surface area contributed by atoms with Gasteiger partial charge in [0.15, 0.2) is 0 Å². The number of halogens is 1. The van der Waals surface area contributed by atoms with Crippen molar-refractivity contribution in [3.8, 4) is 0 Å². The molecule has 1 saturated heterocycles. The largest absolute Gasteiger partial charge is 0.329 e. The lowest BCUT2D eigenvalue weighted by atomic mass is 10.2. The number of carbonyl (C=O) groups excluding carboxylic acids is 2. The highest BCUT2D eigenvalue weighted by atomic mass is 35.5. The van der Waals surface area contributed by atoms with Gasteiger partial charge in [0.1, 0.15) is 6.54 Å². The summed E-state index contributed by atoms with van der Waals surface area (Å²) in [5.41, 5.74) is 1.42. The molecular weight excluding hydrogens is 312 g/mol. The lowest BCUT2D eigenvalue weighted by Gasteiger charge is -2.22. The fourth-order valence-corrected chi connectivity index (χ4v) is 2.83. The Morgan fingerprint density at radius 2 is 1.65 bits per heavy atom. The molecule has 0 aromatic heterocycles. The second-order valence-electron chi connectivity index (χ2n) is 5.47. The molecule has 0 radical (unpaired) electrons. The minimum atomic E-state index is -0.134. The van der Waals surface area contributed by atoms with Crippen molar-refractivity contribution in [3.63, 3.8) is 0 Å². The molecule has 4 nitrogen and oxygen atoms in total. The topological polar surface area (TPSA) is 40.6 Å². The summed E-state index contributed by atoms with van der Waals surface area (Å²) >= 11 is 5.85. The van der Waals surface area contributed by atoms with Crippen LogP contribution in [0.3, 0.4) is 0 Å². The molecular formula is C18H17ClN2O2. The van der Waals surface area contributed by atoms with E-state index < -0.39 is 0 Å². The molecule has 1 heterocycles. The SMILES string of the molecule is O=C(c1ccc(Cl)cc1)N1CCCN(c2ccccc2)C(=O)C1. The van der Waals surface area contributed by atoms with E-state index in [0.29, 0.717) is 23.7 Å². The minimum Gasteiger partial charge on any atom is -0.329 e. The molecule has 2 aromatic carbocycles. The summed E-state index contributed by atoms with van der Waals surface area (Å²) in [6.45, 7) is 1.28. The Morgan fingerprint density at radius 1 is 0.957 bits per heavy atom. The predicted molar refractivity (Wildman–Crippen MR) is 90.8 cm³/mol. The number of hydrogen-bond acceptors (Lipinski definition) is 2. The lowest BCUT2D eigenvalue weighted by Crippen LogP contribution is -2.39. The molecule has 1 aliphatic heterocycles. The number of para-hydroxylation sites is 1. The van der Waals surface area contributed by atoms with Gasteiger partial charge in [0.25, 0.3) is 5.91 Å². The molecule has 0 atom stereocenters. The van der Waals surface area contributed by atoms with Gasteiger partial charge in [0, 0.05) is 29.4 Å². The number of amides is 2. The van der Waals surface area contributed by atoms with E-state index in [9.17, 15) is 9.59 Å². The summed E-state index contributed by atoms with van der Waals surface area (Å²) in [6.07, 6.45) is 0.750. The van der Waals surface area contributed by atoms with Gasteiger partial charge in [-0.25, -0.2) is 0 Å². The third-order valence-electron chi connectivity index (χ3n) is 3.88. The minimum absolute atomic E-state index is 0.0592. The van der Waals surface area contributed by atoms with Gasteiger partial charge in [-0.2, -0.15) is 0 Å². The van der Waals surface area contributed by atoms with Gasteiger partial charge < -0.3 is 9.80 Å². The number of rotatable bonds is 2. The van der Waals surface area contributed by atoms with Gasteiger partial charge in [0.05, 0.1) is 0 Å². The first kappa shape index (κ1) is 15.6. The third kappa shape index (κ3) is 3.54. The highest BCUT2D eigenvalue weighted by Crippen LogP contribution is 2.18. The maximum atomic E-state index is 12.6. The molecule has 0 aliphatic carbocycles. The van der Waals surface area contributed by atoms with Crippen molar-refractivity contribution in [1.29, 1.82) is 0 Å². The standard InChI is InChI=1S/C18H17ClN2O2/c19-15-9-7-14(8-10-15)18(23)20-11-4-12-21(17(22)13-20)16-5-2-1-3-6-16/h1-3,5-10H,4,11-13H2. The normalized spacial score (nSPS) is 15.4. The molecule has 118 valence electrons. The Morgan fingerprint density at radius 3 is 2.35 bits per heavy atom. The average molecular weight is 329 g/mol. The van der Waals surface area contributed by atoms with Crippen molar-refractivity contribution >= 4 is 29.1 Å². The Kier molecular flexibility index (Phi) is 4.63. The highest BCUT2D eigenvalue weighted by molar-refractivity contribution is 6.30. The number of carbonyl (C=O) groups is 2. The quantitative estimate of drug-likeness (QED) is 0.849. The fraction of sp³-hybridized carbons (Fsp3) is 0.222. The molecule has 5 heteroatoms. The van der Waals surface area contributed by atoms with Crippen molar-refractivity contribution in [2.24, 2.45) is 0 Å². The molecule has 0 bridgehead atoms. The van der Waals surface area contributed by atoms with Crippen molar-refractivity contribution < 1.29 is 9.59 Å². The van der Waals surface area contributed by atoms with Crippen LogP contribution < -0.4 is 4.90 Å². The number of hydrogen-bond donors (Lipinski definition) is 0. The van der Waals surface area contributed by atoms with Crippen molar-refractivity contribution in [1.82, 2.24) is 4.90 Å². The fourth-order valence-electron chi connectivity index (χ4n) is 2.70. The molecule has 0 saturated carbocycles. The van der Waals surface area contributed by atoms with Gasteiger partial charge >= 0.3 is 0 Å². The van der Waals surface area contributed by atoms with Crippen LogP contribution in [0.5, 0.6) is 0 Å². The maximum absolute atomic E-state index is 12.6. The summed E-state index contributed by atoms with van der Waals surface area (Å²) in [7, 11) is 0. The molecule has 0 unspecified atom stereocenters. The predicted octanol–water partition coefficient (Wildman–Crippen LogP) is 3.22. The van der Waals surface area contributed by atoms with E-state index >= 15 is 0 Å². The first-order valence-electron chi connectivity index (χ1n) is 7.55. The zero-order valence-corrected chi connectivity index (χ0v) is 13.4.